The van der Waals surface area contributed by atoms with E-state index in [1.165, 1.54) is 5.56 Å². The summed E-state index contributed by atoms with van der Waals surface area (Å²) in [5.74, 6) is 0.858. The Morgan fingerprint density at radius 1 is 1.30 bits per heavy atom. The number of hydrazone groups is 1. The lowest BCUT2D eigenvalue weighted by Crippen LogP contribution is -2.15. The number of anilines is 1. The molecule has 2 aromatic rings. The molecule has 1 aromatic heterocycles. The predicted octanol–water partition coefficient (Wildman–Crippen LogP) is 2.04. The Hall–Kier alpha value is -2.50. The number of aromatic amines is 1. The fourth-order valence-corrected chi connectivity index (χ4v) is 1.63. The van der Waals surface area contributed by atoms with Crippen LogP contribution in [-0.4, -0.2) is 21.4 Å². The van der Waals surface area contributed by atoms with Crippen molar-refractivity contribution in [1.82, 2.24) is 15.2 Å². The molecule has 1 aromatic carbocycles. The molecular weight excluding hydrogens is 254 g/mol. The van der Waals surface area contributed by atoms with E-state index in [-0.39, 0.29) is 0 Å². The van der Waals surface area contributed by atoms with Crippen molar-refractivity contribution < 1.29 is 0 Å². The van der Waals surface area contributed by atoms with Gasteiger partial charge in [0.25, 0.3) is 0 Å². The van der Waals surface area contributed by atoms with Crippen LogP contribution in [0.25, 0.3) is 0 Å². The molecule has 0 aliphatic rings. The molecule has 0 unspecified atom stereocenters. The molecule has 0 aliphatic heterocycles. The average Bonchev–Trinajstić information content (AvgIpc) is 2.43. The topological polar surface area (TPSA) is 83.0 Å². The lowest BCUT2D eigenvalue weighted by Gasteiger charge is -2.04. The van der Waals surface area contributed by atoms with Gasteiger partial charge in [0.05, 0.1) is 6.21 Å². The van der Waals surface area contributed by atoms with Crippen molar-refractivity contribution in [3.63, 3.8) is 0 Å². The number of nitrogens with one attached hydrogen (secondary N) is 2. The Kier molecular flexibility index (Phi) is 4.24. The van der Waals surface area contributed by atoms with Crippen LogP contribution in [0.1, 0.15) is 36.6 Å². The maximum atomic E-state index is 11.1. The first-order valence-electron chi connectivity index (χ1n) is 6.38. The highest BCUT2D eigenvalue weighted by molar-refractivity contribution is 5.80. The second-order valence-corrected chi connectivity index (χ2v) is 4.77. The molecule has 0 fully saturated rings. The van der Waals surface area contributed by atoms with Gasteiger partial charge in [-0.1, -0.05) is 38.1 Å². The van der Waals surface area contributed by atoms with Gasteiger partial charge in [-0.2, -0.15) is 15.2 Å². The van der Waals surface area contributed by atoms with E-state index >= 15 is 0 Å². The van der Waals surface area contributed by atoms with Crippen LogP contribution in [0.4, 0.5) is 5.82 Å². The molecule has 0 saturated heterocycles. The van der Waals surface area contributed by atoms with E-state index in [1.54, 1.807) is 13.1 Å². The maximum Gasteiger partial charge on any atom is 0.363 e. The highest BCUT2D eigenvalue weighted by Gasteiger charge is 2.00. The van der Waals surface area contributed by atoms with Gasteiger partial charge in [0.2, 0.25) is 0 Å². The monoisotopic (exact) mass is 271 g/mol. The van der Waals surface area contributed by atoms with E-state index in [9.17, 15) is 4.79 Å². The number of nitrogens with zero attached hydrogens (tertiary/aromatic N) is 3. The van der Waals surface area contributed by atoms with Gasteiger partial charge >= 0.3 is 5.69 Å². The van der Waals surface area contributed by atoms with Gasteiger partial charge in [0.1, 0.15) is 5.69 Å². The normalized spacial score (nSPS) is 11.2. The van der Waals surface area contributed by atoms with Crippen LogP contribution < -0.4 is 11.1 Å². The number of H-pyrrole nitrogens is 1. The summed E-state index contributed by atoms with van der Waals surface area (Å²) in [4.78, 5) is 14.8. The zero-order valence-electron chi connectivity index (χ0n) is 11.7. The molecule has 20 heavy (non-hydrogen) atoms. The van der Waals surface area contributed by atoms with E-state index in [1.807, 2.05) is 12.1 Å². The summed E-state index contributed by atoms with van der Waals surface area (Å²) in [5.41, 5.74) is 5.04. The SMILES string of the molecule is Cc1n[nH]c(=O)nc1N/N=C/c1ccc(C(C)C)cc1. The summed E-state index contributed by atoms with van der Waals surface area (Å²) < 4.78 is 0. The number of benzene rings is 1. The lowest BCUT2D eigenvalue weighted by molar-refractivity contribution is 0.866. The first kappa shape index (κ1) is 13.9. The van der Waals surface area contributed by atoms with Gasteiger partial charge in [-0.25, -0.2) is 9.89 Å². The number of hydrogen-bond donors (Lipinski definition) is 2. The molecule has 2 rings (SSSR count). The molecule has 0 amide bonds. The second-order valence-electron chi connectivity index (χ2n) is 4.77. The van der Waals surface area contributed by atoms with E-state index in [2.05, 4.69) is 51.7 Å². The van der Waals surface area contributed by atoms with Crippen LogP contribution in [0.3, 0.4) is 0 Å². The molecule has 0 aliphatic carbocycles. The third kappa shape index (κ3) is 3.50. The van der Waals surface area contributed by atoms with Crippen LogP contribution >= 0.6 is 0 Å². The summed E-state index contributed by atoms with van der Waals surface area (Å²) in [6.45, 7) is 6.04. The van der Waals surface area contributed by atoms with Gasteiger partial charge < -0.3 is 0 Å². The van der Waals surface area contributed by atoms with Gasteiger partial charge in [0, 0.05) is 0 Å². The van der Waals surface area contributed by atoms with Crippen LogP contribution in [-0.2, 0) is 0 Å². The quantitative estimate of drug-likeness (QED) is 0.658. The summed E-state index contributed by atoms with van der Waals surface area (Å²) in [6, 6.07) is 8.14. The molecular formula is C14H17N5O. The van der Waals surface area contributed by atoms with E-state index in [0.717, 1.165) is 5.56 Å². The zero-order chi connectivity index (χ0) is 14.5. The van der Waals surface area contributed by atoms with Gasteiger partial charge in [-0.3, -0.25) is 5.43 Å². The average molecular weight is 271 g/mol. The smallest absolute Gasteiger partial charge is 0.260 e. The standard InChI is InChI=1S/C14H17N5O/c1-9(2)12-6-4-11(5-7-12)8-15-18-13-10(3)17-19-14(20)16-13/h4-9H,1-3H3,(H2,16,18,19,20)/b15-8+. The minimum absolute atomic E-state index is 0.351. The first-order valence-corrected chi connectivity index (χ1v) is 6.38. The number of rotatable bonds is 4. The third-order valence-electron chi connectivity index (χ3n) is 2.86. The summed E-state index contributed by atoms with van der Waals surface area (Å²) >= 11 is 0. The molecule has 0 bridgehead atoms. The van der Waals surface area contributed by atoms with Crippen molar-refractivity contribution in [3.05, 3.63) is 51.6 Å². The maximum absolute atomic E-state index is 11.1. The second kappa shape index (κ2) is 6.10. The zero-order valence-corrected chi connectivity index (χ0v) is 11.7. The Balaban J connectivity index is 2.06. The third-order valence-corrected chi connectivity index (χ3v) is 2.86. The largest absolute Gasteiger partial charge is 0.363 e. The van der Waals surface area contributed by atoms with Gasteiger partial charge in [0.15, 0.2) is 5.82 Å². The number of aryl methyl sites for hydroxylation is 1. The molecule has 6 heteroatoms. The Labute approximate surface area is 117 Å². The molecule has 1 heterocycles. The van der Waals surface area contributed by atoms with Crippen molar-refractivity contribution in [2.75, 3.05) is 5.43 Å². The van der Waals surface area contributed by atoms with E-state index < -0.39 is 5.69 Å². The summed E-state index contributed by atoms with van der Waals surface area (Å²) in [7, 11) is 0. The first-order chi connectivity index (χ1) is 9.56. The van der Waals surface area contributed by atoms with Crippen LogP contribution in [0.2, 0.25) is 0 Å². The van der Waals surface area contributed by atoms with Crippen molar-refractivity contribution in [2.24, 2.45) is 5.10 Å². The fourth-order valence-electron chi connectivity index (χ4n) is 1.63. The van der Waals surface area contributed by atoms with E-state index in [0.29, 0.717) is 17.4 Å². The van der Waals surface area contributed by atoms with Gasteiger partial charge in [-0.05, 0) is 24.0 Å². The lowest BCUT2D eigenvalue weighted by atomic mass is 10.0. The number of aromatic nitrogens is 3. The molecule has 0 radical (unpaired) electrons. The van der Waals surface area contributed by atoms with Crippen LogP contribution in [0.5, 0.6) is 0 Å². The Bertz CT molecular complexity index is 658. The fraction of sp³-hybridized carbons (Fsp3) is 0.286. The minimum atomic E-state index is -0.505. The van der Waals surface area contributed by atoms with Crippen molar-refractivity contribution in [1.29, 1.82) is 0 Å². The van der Waals surface area contributed by atoms with Crippen molar-refractivity contribution in [2.45, 2.75) is 26.7 Å². The molecule has 0 spiro atoms. The van der Waals surface area contributed by atoms with Crippen molar-refractivity contribution in [3.8, 4) is 0 Å². The van der Waals surface area contributed by atoms with Crippen LogP contribution in [0, 0.1) is 6.92 Å². The van der Waals surface area contributed by atoms with Gasteiger partial charge in [-0.15, -0.1) is 0 Å². The Morgan fingerprint density at radius 2 is 2.00 bits per heavy atom. The minimum Gasteiger partial charge on any atom is -0.260 e. The number of hydrogen-bond acceptors (Lipinski definition) is 5. The molecule has 6 nitrogen and oxygen atoms in total. The molecule has 0 saturated carbocycles. The summed E-state index contributed by atoms with van der Waals surface area (Å²) in [6.07, 6.45) is 1.67. The highest BCUT2D eigenvalue weighted by atomic mass is 16.1. The molecule has 2 N–H and O–H groups in total. The molecule has 104 valence electrons. The van der Waals surface area contributed by atoms with Crippen LogP contribution in [0.15, 0.2) is 34.2 Å². The Morgan fingerprint density at radius 3 is 2.65 bits per heavy atom. The molecule has 0 atom stereocenters. The van der Waals surface area contributed by atoms with Crippen molar-refractivity contribution >= 4 is 12.0 Å². The summed E-state index contributed by atoms with van der Waals surface area (Å²) in [5, 5.41) is 10.1. The predicted molar refractivity (Wildman–Crippen MR) is 79.1 cm³/mol. The highest BCUT2D eigenvalue weighted by Crippen LogP contribution is 2.13. The van der Waals surface area contributed by atoms with E-state index in [4.69, 9.17) is 0 Å².